The molecule has 10 nitrogen and oxygen atoms in total. The minimum atomic E-state index is -4.64. The fourth-order valence-electron chi connectivity index (χ4n) is 7.22. The number of allylic oxidation sites excluding steroid dienone is 4. The van der Waals surface area contributed by atoms with Crippen molar-refractivity contribution >= 4 is 19.8 Å². The van der Waals surface area contributed by atoms with E-state index < -0.39 is 58.4 Å². The summed E-state index contributed by atoms with van der Waals surface area (Å²) in [5, 5.41) is 19.2. The molecule has 0 saturated heterocycles. The number of rotatable bonds is 48. The van der Waals surface area contributed by atoms with E-state index >= 15 is 0 Å². The van der Waals surface area contributed by atoms with Gasteiger partial charge in [-0.15, -0.1) is 0 Å². The van der Waals surface area contributed by atoms with Crippen LogP contribution in [0.25, 0.3) is 0 Å². The van der Waals surface area contributed by atoms with Gasteiger partial charge in [-0.2, -0.15) is 0 Å². The summed E-state index contributed by atoms with van der Waals surface area (Å²) in [5.41, 5.74) is 0. The lowest BCUT2D eigenvalue weighted by molar-refractivity contribution is -0.153. The number of carbonyl (C=O) groups excluding carboxylic acids is 2. The molecule has 3 atom stereocenters. The van der Waals surface area contributed by atoms with Gasteiger partial charge in [0.05, 0.1) is 26.4 Å². The quantitative estimate of drug-likeness (QED) is 0.0233. The van der Waals surface area contributed by atoms with Crippen molar-refractivity contribution in [1.29, 1.82) is 0 Å². The summed E-state index contributed by atoms with van der Waals surface area (Å²) in [4.78, 5) is 34.7. The normalized spacial score (nSPS) is 13.9. The Balaban J connectivity index is 3.83. The number of phosphoric acid groups is 1. The number of esters is 2. The number of ether oxygens (including phenoxy) is 2. The van der Waals surface area contributed by atoms with Crippen LogP contribution in [-0.4, -0.2) is 65.7 Å². The number of unbranched alkanes of at least 4 members (excludes halogenated alkanes) is 30. The van der Waals surface area contributed by atoms with Gasteiger partial charge in [-0.25, -0.2) is 4.57 Å². The van der Waals surface area contributed by atoms with Gasteiger partial charge in [0.25, 0.3) is 0 Å². The highest BCUT2D eigenvalue weighted by molar-refractivity contribution is 7.47. The van der Waals surface area contributed by atoms with Crippen molar-refractivity contribution in [2.24, 2.45) is 0 Å². The zero-order valence-corrected chi connectivity index (χ0v) is 40.3. The summed E-state index contributed by atoms with van der Waals surface area (Å²) in [6.45, 7) is 2.24. The number of hydrogen-bond acceptors (Lipinski definition) is 9. The van der Waals surface area contributed by atoms with E-state index in [0.717, 1.165) is 44.9 Å². The fraction of sp³-hybridized carbons (Fsp3) is 0.880. The molecule has 0 aromatic heterocycles. The van der Waals surface area contributed by atoms with Crippen molar-refractivity contribution in [3.8, 4) is 0 Å². The van der Waals surface area contributed by atoms with E-state index in [9.17, 15) is 29.3 Å². The molecule has 0 spiro atoms. The van der Waals surface area contributed by atoms with Gasteiger partial charge < -0.3 is 24.6 Å². The molecule has 0 bridgehead atoms. The van der Waals surface area contributed by atoms with Crippen molar-refractivity contribution in [2.45, 2.75) is 257 Å². The minimum absolute atomic E-state index is 0.189. The molecule has 0 aromatic carbocycles. The zero-order valence-electron chi connectivity index (χ0n) is 39.4. The van der Waals surface area contributed by atoms with Gasteiger partial charge >= 0.3 is 19.8 Å². The molecule has 0 saturated carbocycles. The van der Waals surface area contributed by atoms with Gasteiger partial charge in [0, 0.05) is 12.8 Å². The Kier molecular flexibility index (Phi) is 45.3. The molecular formula is C50H95O10P. The van der Waals surface area contributed by atoms with Crippen LogP contribution in [0.5, 0.6) is 0 Å². The summed E-state index contributed by atoms with van der Waals surface area (Å²) in [5.74, 6) is -1.02. The first-order valence-corrected chi connectivity index (χ1v) is 26.8. The first-order chi connectivity index (χ1) is 29.8. The first-order valence-electron chi connectivity index (χ1n) is 25.3. The number of aliphatic hydroxyl groups is 2. The first kappa shape index (κ1) is 59.5. The molecule has 11 heteroatoms. The van der Waals surface area contributed by atoms with Crippen LogP contribution in [0.4, 0.5) is 0 Å². The summed E-state index contributed by atoms with van der Waals surface area (Å²) in [6, 6.07) is 0. The summed E-state index contributed by atoms with van der Waals surface area (Å²) < 4.78 is 32.7. The maximum atomic E-state index is 12.4. The van der Waals surface area contributed by atoms with Crippen molar-refractivity contribution in [1.82, 2.24) is 0 Å². The highest BCUT2D eigenvalue weighted by atomic mass is 31.2. The van der Waals surface area contributed by atoms with E-state index in [1.165, 1.54) is 161 Å². The molecule has 0 rings (SSSR count). The Labute approximate surface area is 374 Å². The molecular weight excluding hydrogens is 792 g/mol. The van der Waals surface area contributed by atoms with E-state index in [4.69, 9.17) is 18.5 Å². The van der Waals surface area contributed by atoms with E-state index in [0.29, 0.717) is 12.8 Å². The Morgan fingerprint density at radius 1 is 0.426 bits per heavy atom. The molecule has 0 fully saturated rings. The van der Waals surface area contributed by atoms with Crippen molar-refractivity contribution < 1.29 is 47.8 Å². The average molecular weight is 887 g/mol. The average Bonchev–Trinajstić information content (AvgIpc) is 3.25. The number of phosphoric ester groups is 1. The van der Waals surface area contributed by atoms with Gasteiger partial charge in [-0.05, 0) is 64.2 Å². The molecule has 61 heavy (non-hydrogen) atoms. The molecule has 0 aliphatic carbocycles. The molecule has 0 aromatic rings. The standard InChI is InChI=1S/C50H95O10P/c1-3-5-7-9-11-13-15-17-19-21-22-23-24-26-28-30-32-34-36-38-40-42-50(54)60-48(44-52)46-58-61(55,56)57-45-47(43-51)59-49(53)41-39-37-35-33-31-29-27-25-20-18-16-14-12-10-8-6-4-2/h18,20-22,47-48,51-52H,3-17,19,23-46H2,1-2H3,(H,55,56)/b20-18-,22-21-. The number of hydrogen-bond donors (Lipinski definition) is 3. The van der Waals surface area contributed by atoms with E-state index in [-0.39, 0.29) is 12.8 Å². The monoisotopic (exact) mass is 887 g/mol. The topological polar surface area (TPSA) is 149 Å². The summed E-state index contributed by atoms with van der Waals surface area (Å²) in [6.07, 6.45) is 48.6. The molecule has 0 aliphatic rings. The maximum absolute atomic E-state index is 12.4. The van der Waals surface area contributed by atoms with Crippen LogP contribution in [0, 0.1) is 0 Å². The predicted octanol–water partition coefficient (Wildman–Crippen LogP) is 14.1. The molecule has 0 amide bonds. The highest BCUT2D eigenvalue weighted by Crippen LogP contribution is 2.43. The Hall–Kier alpha value is -1.55. The lowest BCUT2D eigenvalue weighted by Gasteiger charge is -2.20. The van der Waals surface area contributed by atoms with Crippen LogP contribution in [0.1, 0.15) is 245 Å². The van der Waals surface area contributed by atoms with Crippen molar-refractivity contribution in [3.05, 3.63) is 24.3 Å². The molecule has 3 unspecified atom stereocenters. The van der Waals surface area contributed by atoms with Crippen LogP contribution in [0.3, 0.4) is 0 Å². The van der Waals surface area contributed by atoms with Crippen LogP contribution >= 0.6 is 7.82 Å². The second kappa shape index (κ2) is 46.4. The molecule has 0 heterocycles. The van der Waals surface area contributed by atoms with E-state index in [2.05, 4.69) is 38.2 Å². The van der Waals surface area contributed by atoms with Crippen molar-refractivity contribution in [2.75, 3.05) is 26.4 Å². The van der Waals surface area contributed by atoms with Gasteiger partial charge in [0.1, 0.15) is 12.2 Å². The second-order valence-electron chi connectivity index (χ2n) is 17.1. The molecule has 0 radical (unpaired) electrons. The van der Waals surface area contributed by atoms with Gasteiger partial charge in [-0.1, -0.05) is 192 Å². The molecule has 3 N–H and O–H groups in total. The van der Waals surface area contributed by atoms with Crippen LogP contribution in [0.15, 0.2) is 24.3 Å². The van der Waals surface area contributed by atoms with Crippen LogP contribution in [-0.2, 0) is 32.7 Å². The third-order valence-corrected chi connectivity index (χ3v) is 12.1. The second-order valence-corrected chi connectivity index (χ2v) is 18.6. The number of carbonyl (C=O) groups is 2. The lowest BCUT2D eigenvalue weighted by atomic mass is 10.1. The van der Waals surface area contributed by atoms with Crippen LogP contribution in [0.2, 0.25) is 0 Å². The Bertz CT molecular complexity index is 1070. The van der Waals surface area contributed by atoms with E-state index in [1.807, 2.05) is 0 Å². The molecule has 360 valence electrons. The largest absolute Gasteiger partial charge is 0.472 e. The predicted molar refractivity (Wildman–Crippen MR) is 252 cm³/mol. The fourth-order valence-corrected chi connectivity index (χ4v) is 8.01. The third-order valence-electron chi connectivity index (χ3n) is 11.1. The third kappa shape index (κ3) is 44.8. The smallest absolute Gasteiger partial charge is 0.457 e. The van der Waals surface area contributed by atoms with Crippen molar-refractivity contribution in [3.63, 3.8) is 0 Å². The van der Waals surface area contributed by atoms with Gasteiger partial charge in [0.2, 0.25) is 0 Å². The lowest BCUT2D eigenvalue weighted by Crippen LogP contribution is -2.28. The Morgan fingerprint density at radius 3 is 0.934 bits per heavy atom. The molecule has 0 aliphatic heterocycles. The Morgan fingerprint density at radius 2 is 0.672 bits per heavy atom. The van der Waals surface area contributed by atoms with Crippen LogP contribution < -0.4 is 0 Å². The summed E-state index contributed by atoms with van der Waals surface area (Å²) >= 11 is 0. The zero-order chi connectivity index (χ0) is 44.8. The number of aliphatic hydroxyl groups excluding tert-OH is 2. The highest BCUT2D eigenvalue weighted by Gasteiger charge is 2.27. The minimum Gasteiger partial charge on any atom is -0.457 e. The van der Waals surface area contributed by atoms with Gasteiger partial charge in [0.15, 0.2) is 0 Å². The SMILES string of the molecule is CCCCCCCC/C=C\CCCCCCCCCC(=O)OC(CO)COP(=O)(O)OCC(CO)OC(=O)CCCCCCCCCCC/C=C\CCCCCCCCCC. The summed E-state index contributed by atoms with van der Waals surface area (Å²) in [7, 11) is -4.64. The maximum Gasteiger partial charge on any atom is 0.472 e. The van der Waals surface area contributed by atoms with E-state index in [1.54, 1.807) is 0 Å². The van der Waals surface area contributed by atoms with Gasteiger partial charge in [-0.3, -0.25) is 18.6 Å².